The van der Waals surface area contributed by atoms with E-state index in [0.29, 0.717) is 0 Å². The van der Waals surface area contributed by atoms with E-state index in [1.54, 1.807) is 0 Å². The molecule has 2 aromatic heterocycles. The first-order chi connectivity index (χ1) is 18.6. The van der Waals surface area contributed by atoms with Crippen LogP contribution in [0.25, 0.3) is 22.8 Å². The minimum atomic E-state index is -0.744. The van der Waals surface area contributed by atoms with Gasteiger partial charge in [0.1, 0.15) is 5.41 Å². The topological polar surface area (TPSA) is 35.6 Å². The van der Waals surface area contributed by atoms with Crippen LogP contribution in [0, 0.1) is 19.1 Å². The maximum atomic E-state index is 5.33. The minimum Gasteiger partial charge on any atom is -0.373 e. The normalized spacial score (nSPS) is 11.3. The summed E-state index contributed by atoms with van der Waals surface area (Å²) in [7, 11) is 4.09. The fourth-order valence-corrected chi connectivity index (χ4v) is 5.34. The Labute approximate surface area is 244 Å². The Bertz CT molecular complexity index is 1650. The van der Waals surface area contributed by atoms with Gasteiger partial charge in [0, 0.05) is 26.5 Å². The van der Waals surface area contributed by atoms with Crippen LogP contribution in [0.1, 0.15) is 28.1 Å². The van der Waals surface area contributed by atoms with Gasteiger partial charge in [-0.3, -0.25) is 9.97 Å². The molecule has 39 heavy (non-hydrogen) atoms. The van der Waals surface area contributed by atoms with Gasteiger partial charge in [0.2, 0.25) is 0 Å². The van der Waals surface area contributed by atoms with E-state index in [0.717, 1.165) is 50.9 Å². The number of hydrogen-bond acceptors (Lipinski definition) is 2. The van der Waals surface area contributed by atoms with Crippen LogP contribution in [-0.4, -0.2) is 19.1 Å². The van der Waals surface area contributed by atoms with Crippen LogP contribution in [0.2, 0.25) is 0 Å². The summed E-state index contributed by atoms with van der Waals surface area (Å²) in [5.41, 5.74) is 6.36. The van der Waals surface area contributed by atoms with E-state index in [-0.39, 0.29) is 21.1 Å². The molecule has 0 radical (unpaired) electrons. The third-order valence-electron chi connectivity index (χ3n) is 7.17. The van der Waals surface area contributed by atoms with Gasteiger partial charge in [-0.15, -0.1) is 71.3 Å². The van der Waals surface area contributed by atoms with Gasteiger partial charge in [0.15, 0.2) is 0 Å². The van der Waals surface area contributed by atoms with Gasteiger partial charge in [-0.05, 0) is 11.1 Å². The van der Waals surface area contributed by atoms with Gasteiger partial charge in [0.05, 0.1) is 23.0 Å². The minimum absolute atomic E-state index is 0. The van der Waals surface area contributed by atoms with Crippen LogP contribution in [0.3, 0.4) is 0 Å². The Morgan fingerprint density at radius 1 is 0.615 bits per heavy atom. The van der Waals surface area contributed by atoms with Crippen LogP contribution in [0.5, 0.6) is 0 Å². The van der Waals surface area contributed by atoms with Crippen molar-refractivity contribution in [2.75, 3.05) is 0 Å². The summed E-state index contributed by atoms with van der Waals surface area (Å²) in [6.07, 6.45) is 4.27. The SMILES string of the molecule is Cc1ccc[c-]c1-c1nc(C(c2ccccc2)(c2ccccc2)c2cn(C)c(-c3[c-]cccc3)n2)cn1C.[Pt+2]. The van der Waals surface area contributed by atoms with Crippen molar-refractivity contribution < 1.29 is 21.1 Å². The summed E-state index contributed by atoms with van der Waals surface area (Å²) in [6, 6.07) is 41.9. The number of imidazole rings is 2. The van der Waals surface area contributed by atoms with Crippen molar-refractivity contribution in [2.24, 2.45) is 14.1 Å². The zero-order valence-electron chi connectivity index (χ0n) is 22.1. The molecule has 0 aliphatic heterocycles. The number of aryl methyl sites for hydroxylation is 3. The molecular formula is C34H28N4Pt. The van der Waals surface area contributed by atoms with Gasteiger partial charge in [-0.1, -0.05) is 67.6 Å². The molecule has 4 nitrogen and oxygen atoms in total. The predicted molar refractivity (Wildman–Crippen MR) is 152 cm³/mol. The first kappa shape index (κ1) is 26.6. The maximum Gasteiger partial charge on any atom is 2.00 e. The molecule has 0 aliphatic rings. The second-order valence-corrected chi connectivity index (χ2v) is 9.61. The molecule has 5 heteroatoms. The van der Waals surface area contributed by atoms with E-state index >= 15 is 0 Å². The Morgan fingerprint density at radius 2 is 1.15 bits per heavy atom. The third kappa shape index (κ3) is 4.60. The Kier molecular flexibility index (Phi) is 7.50. The average Bonchev–Trinajstić information content (AvgIpc) is 3.54. The molecule has 0 saturated heterocycles. The molecule has 0 bridgehead atoms. The summed E-state index contributed by atoms with van der Waals surface area (Å²) < 4.78 is 4.18. The van der Waals surface area contributed by atoms with Crippen molar-refractivity contribution in [3.8, 4) is 22.8 Å². The summed E-state index contributed by atoms with van der Waals surface area (Å²) in [4.78, 5) is 10.6. The fourth-order valence-electron chi connectivity index (χ4n) is 5.34. The zero-order chi connectivity index (χ0) is 26.1. The number of aromatic nitrogens is 4. The van der Waals surface area contributed by atoms with Crippen molar-refractivity contribution in [3.63, 3.8) is 0 Å². The van der Waals surface area contributed by atoms with E-state index in [1.165, 1.54) is 0 Å². The molecule has 0 atom stereocenters. The molecule has 6 aromatic rings. The van der Waals surface area contributed by atoms with Crippen LogP contribution < -0.4 is 0 Å². The molecule has 2 heterocycles. The average molecular weight is 688 g/mol. The van der Waals surface area contributed by atoms with Gasteiger partial charge in [-0.25, -0.2) is 0 Å². The summed E-state index contributed by atoms with van der Waals surface area (Å²) in [5, 5.41) is 0. The van der Waals surface area contributed by atoms with Gasteiger partial charge in [0.25, 0.3) is 0 Å². The van der Waals surface area contributed by atoms with Gasteiger partial charge >= 0.3 is 21.1 Å². The predicted octanol–water partition coefficient (Wildman–Crippen LogP) is 6.78. The smallest absolute Gasteiger partial charge is 0.373 e. The summed E-state index contributed by atoms with van der Waals surface area (Å²) >= 11 is 0. The monoisotopic (exact) mass is 687 g/mol. The second-order valence-electron chi connectivity index (χ2n) is 9.61. The van der Waals surface area contributed by atoms with Crippen LogP contribution >= 0.6 is 0 Å². The summed E-state index contributed by atoms with van der Waals surface area (Å²) in [6.45, 7) is 2.10. The third-order valence-corrected chi connectivity index (χ3v) is 7.17. The number of benzene rings is 4. The Morgan fingerprint density at radius 3 is 1.72 bits per heavy atom. The van der Waals surface area contributed by atoms with Crippen molar-refractivity contribution >= 4 is 0 Å². The Hall–Kier alpha value is -4.01. The van der Waals surface area contributed by atoms with Crippen molar-refractivity contribution in [1.82, 2.24) is 19.1 Å². The summed E-state index contributed by atoms with van der Waals surface area (Å²) in [5.74, 6) is 1.74. The van der Waals surface area contributed by atoms with E-state index in [2.05, 4.69) is 102 Å². The van der Waals surface area contributed by atoms with Crippen molar-refractivity contribution in [1.29, 1.82) is 0 Å². The van der Waals surface area contributed by atoms with Gasteiger partial charge in [-0.2, -0.15) is 0 Å². The molecule has 194 valence electrons. The molecule has 0 N–H and O–H groups in total. The molecule has 0 saturated carbocycles. The van der Waals surface area contributed by atoms with Crippen molar-refractivity contribution in [2.45, 2.75) is 12.3 Å². The molecule has 0 amide bonds. The van der Waals surface area contributed by atoms with E-state index in [1.807, 2.05) is 55.6 Å². The molecule has 6 rings (SSSR count). The molecule has 0 unspecified atom stereocenters. The first-order valence-corrected chi connectivity index (χ1v) is 12.7. The molecule has 0 spiro atoms. The first-order valence-electron chi connectivity index (χ1n) is 12.7. The largest absolute Gasteiger partial charge is 2.00 e. The van der Waals surface area contributed by atoms with E-state index in [4.69, 9.17) is 9.97 Å². The van der Waals surface area contributed by atoms with E-state index < -0.39 is 5.41 Å². The molecule has 0 aliphatic carbocycles. The van der Waals surface area contributed by atoms with Crippen LogP contribution in [0.4, 0.5) is 0 Å². The quantitative estimate of drug-likeness (QED) is 0.181. The number of hydrogen-bond donors (Lipinski definition) is 0. The van der Waals surface area contributed by atoms with Crippen LogP contribution in [-0.2, 0) is 40.6 Å². The zero-order valence-corrected chi connectivity index (χ0v) is 24.3. The van der Waals surface area contributed by atoms with Crippen molar-refractivity contribution in [3.05, 3.63) is 156 Å². The Balaban J connectivity index is 0.00000308. The number of nitrogens with zero attached hydrogens (tertiary/aromatic N) is 4. The molecule has 4 aromatic carbocycles. The van der Waals surface area contributed by atoms with Crippen LogP contribution in [0.15, 0.2) is 116 Å². The fraction of sp³-hybridized carbons (Fsp3) is 0.118. The standard InChI is InChI=1S/C34H28N4.Pt/c1-25-15-13-14-22-29(25)33-36-31(24-38(33)3)34(27-18-9-5-10-19-27,28-20-11-6-12-21-28)30-23-37(2)32(35-30)26-16-7-4-8-17-26;/h4-16,18-21,23-24H,1-3H3;/q-2;+2. The maximum absolute atomic E-state index is 5.33. The van der Waals surface area contributed by atoms with Gasteiger partial charge < -0.3 is 9.13 Å². The molecule has 0 fully saturated rings. The molecular weight excluding hydrogens is 659 g/mol. The number of rotatable bonds is 6. The second kappa shape index (κ2) is 11.0. The van der Waals surface area contributed by atoms with E-state index in [9.17, 15) is 0 Å².